The number of aromatic nitrogens is 4. The Morgan fingerprint density at radius 1 is 1.29 bits per heavy atom. The van der Waals surface area contributed by atoms with Gasteiger partial charge in [0, 0.05) is 12.5 Å². The summed E-state index contributed by atoms with van der Waals surface area (Å²) in [7, 11) is 0. The van der Waals surface area contributed by atoms with Crippen molar-refractivity contribution in [2.75, 3.05) is 11.4 Å². The fourth-order valence-electron chi connectivity index (χ4n) is 3.12. The third kappa shape index (κ3) is 2.46. The van der Waals surface area contributed by atoms with Gasteiger partial charge in [0.15, 0.2) is 5.82 Å². The van der Waals surface area contributed by atoms with Gasteiger partial charge in [-0.1, -0.05) is 31.1 Å². The summed E-state index contributed by atoms with van der Waals surface area (Å²) in [6.07, 6.45) is 1.90. The van der Waals surface area contributed by atoms with Crippen molar-refractivity contribution in [3.8, 4) is 0 Å². The molecular weight excluding hydrogens is 306 g/mol. The number of hydrogen-bond donors (Lipinski definition) is 1. The quantitative estimate of drug-likeness (QED) is 0.796. The zero-order chi connectivity index (χ0) is 16.7. The molecule has 1 aromatic carbocycles. The topological polar surface area (TPSA) is 87.9 Å². The first-order valence-corrected chi connectivity index (χ1v) is 8.22. The first-order chi connectivity index (χ1) is 11.6. The number of para-hydroxylation sites is 1. The fourth-order valence-corrected chi connectivity index (χ4v) is 3.12. The zero-order valence-corrected chi connectivity index (χ0v) is 13.7. The van der Waals surface area contributed by atoms with Gasteiger partial charge in [-0.05, 0) is 25.0 Å². The highest BCUT2D eigenvalue weighted by molar-refractivity contribution is 5.78. The van der Waals surface area contributed by atoms with Crippen LogP contribution in [-0.2, 0) is 0 Å². The van der Waals surface area contributed by atoms with E-state index in [2.05, 4.69) is 25.0 Å². The van der Waals surface area contributed by atoms with Crippen LogP contribution in [0.2, 0.25) is 0 Å². The van der Waals surface area contributed by atoms with Gasteiger partial charge in [-0.2, -0.15) is 4.98 Å². The largest absolute Gasteiger partial charge is 0.339 e. The number of aromatic amines is 1. The van der Waals surface area contributed by atoms with Crippen LogP contribution in [0.5, 0.6) is 0 Å². The van der Waals surface area contributed by atoms with E-state index in [-0.39, 0.29) is 17.5 Å². The van der Waals surface area contributed by atoms with Gasteiger partial charge in [0.2, 0.25) is 11.8 Å². The summed E-state index contributed by atoms with van der Waals surface area (Å²) in [5.74, 6) is 2.06. The van der Waals surface area contributed by atoms with Crippen molar-refractivity contribution in [3.63, 3.8) is 0 Å². The highest BCUT2D eigenvalue weighted by Gasteiger charge is 2.32. The lowest BCUT2D eigenvalue weighted by Crippen LogP contribution is -2.27. The van der Waals surface area contributed by atoms with Crippen LogP contribution in [0.3, 0.4) is 0 Å². The number of H-pyrrole nitrogens is 1. The highest BCUT2D eigenvalue weighted by atomic mass is 16.5. The first-order valence-electron chi connectivity index (χ1n) is 8.22. The van der Waals surface area contributed by atoms with Crippen LogP contribution < -0.4 is 10.5 Å². The van der Waals surface area contributed by atoms with E-state index in [1.807, 2.05) is 32.0 Å². The first kappa shape index (κ1) is 14.9. The molecule has 0 radical (unpaired) electrons. The predicted molar refractivity (Wildman–Crippen MR) is 90.1 cm³/mol. The number of hydrogen-bond acceptors (Lipinski definition) is 6. The van der Waals surface area contributed by atoms with Crippen LogP contribution in [0, 0.1) is 0 Å². The van der Waals surface area contributed by atoms with Crippen molar-refractivity contribution in [1.82, 2.24) is 20.1 Å². The molecule has 4 rings (SSSR count). The molecule has 3 aromatic rings. The Balaban J connectivity index is 1.73. The molecule has 7 nitrogen and oxygen atoms in total. The molecule has 1 aliphatic rings. The lowest BCUT2D eigenvalue weighted by Gasteiger charge is -2.22. The molecule has 1 aliphatic heterocycles. The molecule has 1 N–H and O–H groups in total. The van der Waals surface area contributed by atoms with Gasteiger partial charge < -0.3 is 9.42 Å². The van der Waals surface area contributed by atoms with Crippen LogP contribution in [0.15, 0.2) is 33.6 Å². The minimum absolute atomic E-state index is 0.0226. The minimum Gasteiger partial charge on any atom is -0.339 e. The second kappa shape index (κ2) is 5.74. The van der Waals surface area contributed by atoms with E-state index >= 15 is 0 Å². The van der Waals surface area contributed by atoms with Crippen LogP contribution in [0.1, 0.15) is 50.4 Å². The Hall–Kier alpha value is -2.70. The van der Waals surface area contributed by atoms with Crippen molar-refractivity contribution < 1.29 is 4.52 Å². The molecule has 0 saturated carbocycles. The molecule has 1 unspecified atom stereocenters. The van der Waals surface area contributed by atoms with Crippen molar-refractivity contribution in [1.29, 1.82) is 0 Å². The maximum absolute atomic E-state index is 12.3. The molecule has 1 saturated heterocycles. The van der Waals surface area contributed by atoms with Gasteiger partial charge in [-0.25, -0.2) is 4.98 Å². The number of nitrogens with one attached hydrogen (secondary N) is 1. The summed E-state index contributed by atoms with van der Waals surface area (Å²) in [5.41, 5.74) is 0.565. The van der Waals surface area contributed by atoms with E-state index in [0.717, 1.165) is 19.4 Å². The van der Waals surface area contributed by atoms with E-state index in [4.69, 9.17) is 4.52 Å². The van der Waals surface area contributed by atoms with Gasteiger partial charge >= 0.3 is 0 Å². The van der Waals surface area contributed by atoms with Crippen molar-refractivity contribution in [2.24, 2.45) is 0 Å². The average molecular weight is 325 g/mol. The van der Waals surface area contributed by atoms with E-state index < -0.39 is 0 Å². The van der Waals surface area contributed by atoms with Crippen molar-refractivity contribution in [3.05, 3.63) is 46.3 Å². The number of nitrogens with zero attached hydrogens (tertiary/aromatic N) is 4. The third-order valence-corrected chi connectivity index (χ3v) is 4.37. The van der Waals surface area contributed by atoms with Gasteiger partial charge in [0.1, 0.15) is 0 Å². The maximum atomic E-state index is 12.3. The third-order valence-electron chi connectivity index (χ3n) is 4.37. The maximum Gasteiger partial charge on any atom is 0.260 e. The zero-order valence-electron chi connectivity index (χ0n) is 13.7. The lowest BCUT2D eigenvalue weighted by molar-refractivity contribution is 0.358. The van der Waals surface area contributed by atoms with E-state index in [1.54, 1.807) is 6.07 Å². The molecular formula is C17H19N5O2. The number of benzene rings is 1. The molecule has 1 fully saturated rings. The number of anilines is 1. The Kier molecular flexibility index (Phi) is 3.55. The fraction of sp³-hybridized carbons (Fsp3) is 0.412. The monoisotopic (exact) mass is 325 g/mol. The minimum atomic E-state index is -0.128. The van der Waals surface area contributed by atoms with Crippen LogP contribution >= 0.6 is 0 Å². The standard InChI is InChI=1S/C17H19N5O2/c1-10(2)16-19-14(21-24-16)13-8-5-9-22(13)17-18-12-7-4-3-6-11(12)15(23)20-17/h3-4,6-7,10,13H,5,8-9H2,1-2H3,(H,18,20,23). The molecule has 7 heteroatoms. The molecule has 0 aliphatic carbocycles. The smallest absolute Gasteiger partial charge is 0.260 e. The summed E-state index contributed by atoms with van der Waals surface area (Å²) >= 11 is 0. The molecule has 0 spiro atoms. The van der Waals surface area contributed by atoms with Crippen LogP contribution in [0.25, 0.3) is 10.9 Å². The Morgan fingerprint density at radius 3 is 2.92 bits per heavy atom. The lowest BCUT2D eigenvalue weighted by atomic mass is 10.2. The van der Waals surface area contributed by atoms with Gasteiger partial charge in [-0.15, -0.1) is 0 Å². The Labute approximate surface area is 138 Å². The second-order valence-electron chi connectivity index (χ2n) is 6.40. The van der Waals surface area contributed by atoms with Gasteiger partial charge in [0.05, 0.1) is 16.9 Å². The predicted octanol–water partition coefficient (Wildman–Crippen LogP) is 2.77. The summed E-state index contributed by atoms with van der Waals surface area (Å²) in [5, 5.41) is 4.73. The van der Waals surface area contributed by atoms with Gasteiger partial charge in [-0.3, -0.25) is 9.78 Å². The van der Waals surface area contributed by atoms with E-state index in [1.165, 1.54) is 0 Å². The summed E-state index contributed by atoms with van der Waals surface area (Å²) in [6.45, 7) is 4.84. The number of rotatable bonds is 3. The van der Waals surface area contributed by atoms with E-state index in [0.29, 0.717) is 28.6 Å². The van der Waals surface area contributed by atoms with Crippen LogP contribution in [-0.4, -0.2) is 26.7 Å². The van der Waals surface area contributed by atoms with Gasteiger partial charge in [0.25, 0.3) is 5.56 Å². The summed E-state index contributed by atoms with van der Waals surface area (Å²) < 4.78 is 5.34. The molecule has 0 bridgehead atoms. The van der Waals surface area contributed by atoms with Crippen molar-refractivity contribution >= 4 is 16.9 Å². The van der Waals surface area contributed by atoms with E-state index in [9.17, 15) is 4.79 Å². The number of fused-ring (bicyclic) bond motifs is 1. The van der Waals surface area contributed by atoms with Crippen molar-refractivity contribution in [2.45, 2.75) is 38.6 Å². The molecule has 0 amide bonds. The summed E-state index contributed by atoms with van der Waals surface area (Å²) in [4.78, 5) is 26.4. The molecule has 24 heavy (non-hydrogen) atoms. The second-order valence-corrected chi connectivity index (χ2v) is 6.40. The van der Waals surface area contributed by atoms with Crippen LogP contribution in [0.4, 0.5) is 5.95 Å². The highest BCUT2D eigenvalue weighted by Crippen LogP contribution is 2.33. The summed E-state index contributed by atoms with van der Waals surface area (Å²) in [6, 6.07) is 7.33. The Bertz CT molecular complexity index is 930. The molecule has 2 aromatic heterocycles. The Morgan fingerprint density at radius 2 is 2.12 bits per heavy atom. The molecule has 124 valence electrons. The average Bonchev–Trinajstić information content (AvgIpc) is 3.24. The molecule has 3 heterocycles. The normalized spacial score (nSPS) is 18.0. The SMILES string of the molecule is CC(C)c1nc(C2CCCN2c2nc3ccccc3c(=O)[nH]2)no1. The molecule has 1 atom stereocenters.